The molecule has 0 aromatic heterocycles. The van der Waals surface area contributed by atoms with Gasteiger partial charge >= 0.3 is 11.9 Å². The van der Waals surface area contributed by atoms with Crippen molar-refractivity contribution in [2.45, 2.75) is 71.8 Å². The second-order valence-electron chi connectivity index (χ2n) is 13.7. The molecule has 0 bridgehead atoms. The molecule has 0 spiro atoms. The zero-order valence-corrected chi connectivity index (χ0v) is 28.6. The van der Waals surface area contributed by atoms with Gasteiger partial charge in [-0.15, -0.1) is 0 Å². The summed E-state index contributed by atoms with van der Waals surface area (Å²) >= 11 is 0. The highest BCUT2D eigenvalue weighted by Gasteiger charge is 2.52. The maximum absolute atomic E-state index is 14.1. The van der Waals surface area contributed by atoms with Crippen LogP contribution < -0.4 is 9.88 Å². The Morgan fingerprint density at radius 1 is 0.894 bits per heavy atom. The average Bonchev–Trinajstić information content (AvgIpc) is 3.43. The van der Waals surface area contributed by atoms with Crippen LogP contribution in [0, 0.1) is 0 Å². The van der Waals surface area contributed by atoms with Gasteiger partial charge in [0, 0.05) is 24.5 Å². The molecule has 2 atom stereocenters. The number of fused-ring (bicyclic) bond motifs is 1. The molecule has 2 aromatic carbocycles. The number of esters is 2. The largest absolute Gasteiger partial charge is 0.497 e. The fourth-order valence-corrected chi connectivity index (χ4v) is 8.62. The Kier molecular flexibility index (Phi) is 8.99. The first-order valence-electron chi connectivity index (χ1n) is 15.3. The van der Waals surface area contributed by atoms with Gasteiger partial charge in [-0.25, -0.2) is 9.59 Å². The molecule has 2 N–H and O–H groups in total. The van der Waals surface area contributed by atoms with E-state index < -0.39 is 56.3 Å². The van der Waals surface area contributed by atoms with Crippen molar-refractivity contribution in [1.82, 2.24) is 9.80 Å². The molecular formula is C35H41N3O8S. The van der Waals surface area contributed by atoms with E-state index in [9.17, 15) is 24.0 Å². The van der Waals surface area contributed by atoms with E-state index in [0.717, 1.165) is 10.5 Å². The Labute approximate surface area is 276 Å². The predicted molar refractivity (Wildman–Crippen MR) is 177 cm³/mol. The maximum atomic E-state index is 14.1. The third-order valence-electron chi connectivity index (χ3n) is 7.95. The standard InChI is InChI=1S/C35H41N3O8S/c1-34(2,3)45-31(41)26-20-47(36,33(43)32(42)46-35(4,5)6)28-23(26)16-17-37(18-21-12-14-22(44-7)15-13-21)27(28)19-38-29(39)24-10-8-9-11-25(24)30(38)40/h8-15,20,27H,16-19,36H2,1-7H3. The number of imide groups is 1. The Hall–Kier alpha value is -4.26. The number of carbonyl (C=O) groups excluding carboxylic acids is 5. The number of hydrogen-bond donors (Lipinski definition) is 1. The van der Waals surface area contributed by atoms with E-state index in [1.54, 1.807) is 72.9 Å². The van der Waals surface area contributed by atoms with Crippen LogP contribution in [0.4, 0.5) is 0 Å². The lowest BCUT2D eigenvalue weighted by Gasteiger charge is -2.44. The van der Waals surface area contributed by atoms with Crippen LogP contribution in [0.1, 0.15) is 74.2 Å². The molecule has 0 fully saturated rings. The van der Waals surface area contributed by atoms with E-state index in [1.807, 2.05) is 29.2 Å². The molecule has 0 aliphatic carbocycles. The first-order chi connectivity index (χ1) is 21.9. The highest BCUT2D eigenvalue weighted by molar-refractivity contribution is 8.49. The van der Waals surface area contributed by atoms with Crippen LogP contribution in [0.5, 0.6) is 5.75 Å². The molecule has 2 aromatic rings. The molecule has 0 saturated carbocycles. The fourth-order valence-electron chi connectivity index (χ4n) is 5.96. The normalized spacial score (nSPS) is 22.7. The molecule has 12 heteroatoms. The van der Waals surface area contributed by atoms with Crippen LogP contribution >= 0.6 is 10.2 Å². The second kappa shape index (κ2) is 12.4. The zero-order valence-electron chi connectivity index (χ0n) is 27.7. The van der Waals surface area contributed by atoms with Crippen LogP contribution in [0.25, 0.3) is 0 Å². The number of carbonyl (C=O) groups is 5. The summed E-state index contributed by atoms with van der Waals surface area (Å²) in [5, 5.41) is 7.42. The quantitative estimate of drug-likeness (QED) is 0.264. The van der Waals surface area contributed by atoms with Crippen LogP contribution in [0.3, 0.4) is 0 Å². The lowest BCUT2D eigenvalue weighted by Crippen LogP contribution is -2.51. The molecule has 2 unspecified atom stereocenters. The Morgan fingerprint density at radius 2 is 1.47 bits per heavy atom. The summed E-state index contributed by atoms with van der Waals surface area (Å²) < 4.78 is 16.5. The minimum absolute atomic E-state index is 0.112. The number of hydrogen-bond acceptors (Lipinski definition) is 10. The Balaban J connectivity index is 1.63. The molecule has 0 saturated heterocycles. The van der Waals surface area contributed by atoms with Crippen molar-refractivity contribution < 1.29 is 38.2 Å². The zero-order chi connectivity index (χ0) is 34.5. The van der Waals surface area contributed by atoms with Gasteiger partial charge < -0.3 is 14.2 Å². The number of ether oxygens (including phenoxy) is 3. The number of amides is 2. The molecule has 11 nitrogen and oxygen atoms in total. The first-order valence-corrected chi connectivity index (χ1v) is 17.1. The molecule has 5 rings (SSSR count). The van der Waals surface area contributed by atoms with Gasteiger partial charge in [0.15, 0.2) is 0 Å². The number of nitrogens with zero attached hydrogens (tertiary/aromatic N) is 2. The fraction of sp³-hybridized carbons (Fsp3) is 0.400. The van der Waals surface area contributed by atoms with Crippen molar-refractivity contribution in [2.24, 2.45) is 5.14 Å². The number of rotatable bonds is 6. The molecule has 47 heavy (non-hydrogen) atoms. The summed E-state index contributed by atoms with van der Waals surface area (Å²) in [4.78, 5) is 71.8. The molecular weight excluding hydrogens is 622 g/mol. The van der Waals surface area contributed by atoms with Crippen molar-refractivity contribution in [2.75, 3.05) is 20.2 Å². The van der Waals surface area contributed by atoms with Gasteiger partial charge in [-0.05, 0) is 88.8 Å². The molecule has 3 aliphatic rings. The SMILES string of the molecule is COc1ccc(CN2CCC3=C(C2CN2C(=O)c4ccccc4C2=O)S(N)(C(=O)C(=O)OC(C)(C)C)C=C3C(=O)OC(C)(C)C)cc1. The maximum Gasteiger partial charge on any atom is 0.386 e. The van der Waals surface area contributed by atoms with Gasteiger partial charge in [0.2, 0.25) is 0 Å². The van der Waals surface area contributed by atoms with Gasteiger partial charge in [-0.3, -0.25) is 29.3 Å². The minimum atomic E-state index is -3.34. The minimum Gasteiger partial charge on any atom is -0.497 e. The highest BCUT2D eigenvalue weighted by Crippen LogP contribution is 2.62. The number of methoxy groups -OCH3 is 1. The topological polar surface area (TPSA) is 146 Å². The van der Waals surface area contributed by atoms with Crippen molar-refractivity contribution in [3.8, 4) is 5.75 Å². The first kappa shape index (κ1) is 34.1. The molecule has 250 valence electrons. The molecule has 2 amide bonds. The third kappa shape index (κ3) is 6.76. The number of benzene rings is 2. The summed E-state index contributed by atoms with van der Waals surface area (Å²) in [6.45, 7) is 10.7. The van der Waals surface area contributed by atoms with E-state index in [1.165, 1.54) is 5.41 Å². The van der Waals surface area contributed by atoms with Crippen LogP contribution in [0.2, 0.25) is 0 Å². The van der Waals surface area contributed by atoms with E-state index in [4.69, 9.17) is 19.3 Å². The van der Waals surface area contributed by atoms with E-state index in [2.05, 4.69) is 0 Å². The monoisotopic (exact) mass is 663 g/mol. The lowest BCUT2D eigenvalue weighted by atomic mass is 9.95. The Bertz CT molecular complexity index is 1680. The van der Waals surface area contributed by atoms with Crippen molar-refractivity contribution in [1.29, 1.82) is 0 Å². The molecule has 3 aliphatic heterocycles. The van der Waals surface area contributed by atoms with Crippen LogP contribution in [-0.2, 0) is 30.4 Å². The molecule has 0 radical (unpaired) electrons. The van der Waals surface area contributed by atoms with E-state index >= 15 is 0 Å². The van der Waals surface area contributed by atoms with Crippen molar-refractivity contribution in [3.05, 3.63) is 86.7 Å². The van der Waals surface area contributed by atoms with Gasteiger partial charge in [0.05, 0.1) is 29.9 Å². The van der Waals surface area contributed by atoms with Gasteiger partial charge in [0.25, 0.3) is 16.9 Å². The van der Waals surface area contributed by atoms with Crippen LogP contribution in [-0.4, -0.2) is 76.1 Å². The average molecular weight is 664 g/mol. The number of nitrogens with two attached hydrogens (primary N) is 1. The summed E-state index contributed by atoms with van der Waals surface area (Å²) in [6, 6.07) is 13.2. The van der Waals surface area contributed by atoms with Crippen LogP contribution in [0.15, 0.2) is 70.0 Å². The van der Waals surface area contributed by atoms with Gasteiger partial charge in [-0.1, -0.05) is 34.5 Å². The van der Waals surface area contributed by atoms with Gasteiger partial charge in [0.1, 0.15) is 17.0 Å². The summed E-state index contributed by atoms with van der Waals surface area (Å²) in [7, 11) is -1.77. The second-order valence-corrected chi connectivity index (χ2v) is 16.2. The smallest absolute Gasteiger partial charge is 0.386 e. The van der Waals surface area contributed by atoms with Gasteiger partial charge in [-0.2, -0.15) is 0 Å². The van der Waals surface area contributed by atoms with Crippen molar-refractivity contribution >= 4 is 39.1 Å². The predicted octanol–water partition coefficient (Wildman–Crippen LogP) is 4.61. The molecule has 3 heterocycles. The van der Waals surface area contributed by atoms with Crippen molar-refractivity contribution in [3.63, 3.8) is 0 Å². The Morgan fingerprint density at radius 3 is 2.00 bits per heavy atom. The lowest BCUT2D eigenvalue weighted by molar-refractivity contribution is -0.159. The van der Waals surface area contributed by atoms with E-state index in [-0.39, 0.29) is 23.2 Å². The van der Waals surface area contributed by atoms with E-state index in [0.29, 0.717) is 35.7 Å². The summed E-state index contributed by atoms with van der Waals surface area (Å²) in [5.41, 5.74) is 0.220. The summed E-state index contributed by atoms with van der Waals surface area (Å²) in [6.07, 6.45) is 0.308. The highest BCUT2D eigenvalue weighted by atomic mass is 32.3. The summed E-state index contributed by atoms with van der Waals surface area (Å²) in [5.74, 6) is -2.08. The third-order valence-corrected chi connectivity index (χ3v) is 10.6.